The smallest absolute Gasteiger partial charge is 0.261 e. The van der Waals surface area contributed by atoms with Crippen LogP contribution in [0.1, 0.15) is 5.76 Å². The van der Waals surface area contributed by atoms with Crippen molar-refractivity contribution < 1.29 is 9.21 Å². The number of halogens is 2. The molecular formula is C15H10BrClN2O2S. The highest BCUT2D eigenvalue weighted by Gasteiger charge is 2.12. The van der Waals surface area contributed by atoms with Gasteiger partial charge in [0.15, 0.2) is 5.09 Å². The molecule has 0 saturated carbocycles. The van der Waals surface area contributed by atoms with Gasteiger partial charge in [0.05, 0.1) is 4.47 Å². The van der Waals surface area contributed by atoms with E-state index in [2.05, 4.69) is 21.2 Å². The number of nitrogens with one attached hydrogen (secondary N) is 1. The molecular weight excluding hydrogens is 388 g/mol. The van der Waals surface area contributed by atoms with Crippen LogP contribution in [-0.4, -0.2) is 13.0 Å². The molecule has 0 aliphatic carbocycles. The topological polar surface area (TPSA) is 66.0 Å². The summed E-state index contributed by atoms with van der Waals surface area (Å²) in [4.78, 5) is 12.4. The van der Waals surface area contributed by atoms with Crippen LogP contribution in [-0.2, 0) is 4.79 Å². The Bertz CT molecular complexity index is 763. The third-order valence-corrected chi connectivity index (χ3v) is 4.68. The minimum Gasteiger partial charge on any atom is -0.449 e. The van der Waals surface area contributed by atoms with E-state index >= 15 is 0 Å². The van der Waals surface area contributed by atoms with Crippen molar-refractivity contribution in [2.24, 2.45) is 0 Å². The number of likely N-dealkylation sites (N-methyl/N-ethyl adjacent to an activating group) is 1. The standard InChI is InChI=1S/C15H10BrClN2O2S/c1-19-14(20)9(8-18)6-11-7-13(16)15(21-11)22-12-4-2-10(17)3-5-12/h2-7H,1H3,(H,19,20)/b9-6+. The number of nitrogens with zero attached hydrogens (tertiary/aromatic N) is 1. The minimum atomic E-state index is -0.457. The minimum absolute atomic E-state index is 0.0215. The number of hydrogen-bond donors (Lipinski definition) is 1. The molecule has 0 fully saturated rings. The van der Waals surface area contributed by atoms with E-state index in [-0.39, 0.29) is 5.57 Å². The Hall–Kier alpha value is -1.68. The lowest BCUT2D eigenvalue weighted by molar-refractivity contribution is -0.116. The third kappa shape index (κ3) is 4.17. The zero-order valence-corrected chi connectivity index (χ0v) is 14.6. The molecule has 0 aliphatic rings. The quantitative estimate of drug-likeness (QED) is 0.609. The van der Waals surface area contributed by atoms with Crippen molar-refractivity contribution >= 4 is 51.3 Å². The van der Waals surface area contributed by atoms with Gasteiger partial charge in [-0.2, -0.15) is 5.26 Å². The average molecular weight is 398 g/mol. The lowest BCUT2D eigenvalue weighted by Gasteiger charge is -1.99. The van der Waals surface area contributed by atoms with Crippen LogP contribution in [0.15, 0.2) is 54.8 Å². The zero-order valence-electron chi connectivity index (χ0n) is 11.4. The van der Waals surface area contributed by atoms with Gasteiger partial charge in [-0.15, -0.1) is 0 Å². The summed E-state index contributed by atoms with van der Waals surface area (Å²) in [5.74, 6) is -0.0367. The Morgan fingerprint density at radius 2 is 2.14 bits per heavy atom. The molecule has 2 aromatic rings. The Morgan fingerprint density at radius 1 is 1.45 bits per heavy atom. The van der Waals surface area contributed by atoms with Crippen LogP contribution in [0.5, 0.6) is 0 Å². The highest BCUT2D eigenvalue weighted by Crippen LogP contribution is 2.36. The van der Waals surface area contributed by atoms with Crippen LogP contribution in [0, 0.1) is 11.3 Å². The van der Waals surface area contributed by atoms with Crippen molar-refractivity contribution in [3.8, 4) is 6.07 Å². The predicted molar refractivity (Wildman–Crippen MR) is 89.6 cm³/mol. The molecule has 0 unspecified atom stereocenters. The van der Waals surface area contributed by atoms with E-state index in [0.29, 0.717) is 15.9 Å². The van der Waals surface area contributed by atoms with Gasteiger partial charge in [0.2, 0.25) is 0 Å². The van der Waals surface area contributed by atoms with Gasteiger partial charge in [-0.25, -0.2) is 0 Å². The number of carbonyl (C=O) groups is 1. The molecule has 4 nitrogen and oxygen atoms in total. The summed E-state index contributed by atoms with van der Waals surface area (Å²) in [7, 11) is 1.47. The second-order valence-electron chi connectivity index (χ2n) is 4.09. The first-order valence-electron chi connectivity index (χ1n) is 6.10. The first-order valence-corrected chi connectivity index (χ1v) is 8.09. The maximum absolute atomic E-state index is 11.5. The zero-order chi connectivity index (χ0) is 16.1. The number of furan rings is 1. The molecule has 0 spiro atoms. The average Bonchev–Trinajstić information content (AvgIpc) is 2.86. The first-order chi connectivity index (χ1) is 10.5. The normalized spacial score (nSPS) is 11.1. The third-order valence-electron chi connectivity index (χ3n) is 2.58. The van der Waals surface area contributed by atoms with Crippen LogP contribution in [0.2, 0.25) is 5.02 Å². The van der Waals surface area contributed by atoms with Crippen molar-refractivity contribution in [1.29, 1.82) is 5.26 Å². The van der Waals surface area contributed by atoms with Crippen LogP contribution in [0.3, 0.4) is 0 Å². The fourth-order valence-electron chi connectivity index (χ4n) is 1.54. The summed E-state index contributed by atoms with van der Waals surface area (Å²) in [6.45, 7) is 0. The molecule has 1 aromatic heterocycles. The summed E-state index contributed by atoms with van der Waals surface area (Å²) in [6.07, 6.45) is 1.40. The van der Waals surface area contributed by atoms with Crippen molar-refractivity contribution in [1.82, 2.24) is 5.32 Å². The van der Waals surface area contributed by atoms with E-state index in [1.807, 2.05) is 18.2 Å². The van der Waals surface area contributed by atoms with Crippen molar-refractivity contribution in [2.75, 3.05) is 7.05 Å². The summed E-state index contributed by atoms with van der Waals surface area (Å²) < 4.78 is 6.39. The number of rotatable bonds is 4. The van der Waals surface area contributed by atoms with E-state index in [9.17, 15) is 4.79 Å². The van der Waals surface area contributed by atoms with Crippen LogP contribution in [0.4, 0.5) is 0 Å². The van der Waals surface area contributed by atoms with Gasteiger partial charge in [-0.05, 0) is 46.3 Å². The van der Waals surface area contributed by atoms with Gasteiger partial charge in [0.25, 0.3) is 5.91 Å². The maximum atomic E-state index is 11.5. The lowest BCUT2D eigenvalue weighted by Crippen LogP contribution is -2.18. The lowest BCUT2D eigenvalue weighted by atomic mass is 10.2. The van der Waals surface area contributed by atoms with Gasteiger partial charge in [-0.3, -0.25) is 4.79 Å². The Balaban J connectivity index is 2.24. The fourth-order valence-corrected chi connectivity index (χ4v) is 3.00. The predicted octanol–water partition coefficient (Wildman–Crippen LogP) is 4.50. The molecule has 0 atom stereocenters. The molecule has 1 amide bonds. The van der Waals surface area contributed by atoms with Gasteiger partial charge in [-0.1, -0.05) is 23.4 Å². The van der Waals surface area contributed by atoms with Gasteiger partial charge < -0.3 is 9.73 Å². The molecule has 22 heavy (non-hydrogen) atoms. The fraction of sp³-hybridized carbons (Fsp3) is 0.0667. The molecule has 1 N–H and O–H groups in total. The maximum Gasteiger partial charge on any atom is 0.261 e. The van der Waals surface area contributed by atoms with Gasteiger partial charge >= 0.3 is 0 Å². The molecule has 0 bridgehead atoms. The molecule has 2 rings (SSSR count). The van der Waals surface area contributed by atoms with E-state index < -0.39 is 5.91 Å². The molecule has 0 radical (unpaired) electrons. The summed E-state index contributed by atoms with van der Waals surface area (Å²) >= 11 is 10.7. The monoisotopic (exact) mass is 396 g/mol. The van der Waals surface area contributed by atoms with Crippen molar-refractivity contribution in [3.05, 3.63) is 51.2 Å². The Kier molecular flexibility index (Phi) is 5.72. The van der Waals surface area contributed by atoms with E-state index in [1.165, 1.54) is 24.9 Å². The second-order valence-corrected chi connectivity index (χ2v) is 6.43. The van der Waals surface area contributed by atoms with Gasteiger partial charge in [0.1, 0.15) is 17.4 Å². The van der Waals surface area contributed by atoms with Crippen molar-refractivity contribution in [3.63, 3.8) is 0 Å². The molecule has 0 aliphatic heterocycles. The number of carbonyl (C=O) groups excluding carboxylic acids is 1. The van der Waals surface area contributed by atoms with E-state index in [1.54, 1.807) is 18.2 Å². The molecule has 1 aromatic carbocycles. The molecule has 1 heterocycles. The van der Waals surface area contributed by atoms with E-state index in [4.69, 9.17) is 21.3 Å². The Morgan fingerprint density at radius 3 is 2.73 bits per heavy atom. The van der Waals surface area contributed by atoms with Crippen molar-refractivity contribution in [2.45, 2.75) is 9.99 Å². The second kappa shape index (κ2) is 7.54. The first kappa shape index (κ1) is 16.7. The highest BCUT2D eigenvalue weighted by atomic mass is 79.9. The Labute approximate surface area is 145 Å². The number of benzene rings is 1. The molecule has 112 valence electrons. The van der Waals surface area contributed by atoms with Crippen LogP contribution >= 0.6 is 39.3 Å². The van der Waals surface area contributed by atoms with Gasteiger partial charge in [0, 0.05) is 23.0 Å². The highest BCUT2D eigenvalue weighted by molar-refractivity contribution is 9.10. The summed E-state index contributed by atoms with van der Waals surface area (Å²) in [5.41, 5.74) is -0.0215. The summed E-state index contributed by atoms with van der Waals surface area (Å²) in [5, 5.41) is 12.7. The molecule has 0 saturated heterocycles. The number of hydrogen-bond acceptors (Lipinski definition) is 4. The van der Waals surface area contributed by atoms with E-state index in [0.717, 1.165) is 9.37 Å². The largest absolute Gasteiger partial charge is 0.449 e. The SMILES string of the molecule is CNC(=O)/C(C#N)=C/c1cc(Br)c(Sc2ccc(Cl)cc2)o1. The molecule has 7 heteroatoms. The number of nitriles is 1. The number of amides is 1. The summed E-state index contributed by atoms with van der Waals surface area (Å²) in [6, 6.07) is 10.9. The van der Waals surface area contributed by atoms with Crippen LogP contribution in [0.25, 0.3) is 6.08 Å². The van der Waals surface area contributed by atoms with Crippen LogP contribution < -0.4 is 5.32 Å².